The Morgan fingerprint density at radius 1 is 1.17 bits per heavy atom. The number of methoxy groups -OCH3 is 1. The maximum absolute atomic E-state index is 12.6. The third-order valence-corrected chi connectivity index (χ3v) is 4.23. The number of nitrogens with zero attached hydrogens (tertiary/aromatic N) is 3. The Morgan fingerprint density at radius 2 is 1.79 bits per heavy atom. The summed E-state index contributed by atoms with van der Waals surface area (Å²) >= 11 is 0. The summed E-state index contributed by atoms with van der Waals surface area (Å²) in [6.45, 7) is 3.08. The molecule has 3 rings (SSSR count). The average Bonchev–Trinajstić information content (AvgIpc) is 3.07. The van der Waals surface area contributed by atoms with Gasteiger partial charge in [0, 0.05) is 24.6 Å². The van der Waals surface area contributed by atoms with Gasteiger partial charge >= 0.3 is 5.97 Å². The number of likely N-dealkylation sites (tertiary alicyclic amines) is 1. The van der Waals surface area contributed by atoms with Gasteiger partial charge in [-0.25, -0.2) is 4.79 Å². The smallest absolute Gasteiger partial charge is 0.337 e. The van der Waals surface area contributed by atoms with E-state index < -0.39 is 5.97 Å². The molecule has 0 spiro atoms. The van der Waals surface area contributed by atoms with E-state index in [1.54, 1.807) is 31.2 Å². The molecule has 1 aromatic heterocycles. The fourth-order valence-electron chi connectivity index (χ4n) is 2.86. The molecular formula is C17H19N3O4. The van der Waals surface area contributed by atoms with Crippen LogP contribution < -0.4 is 0 Å². The lowest BCUT2D eigenvalue weighted by atomic mass is 9.96. The van der Waals surface area contributed by atoms with E-state index in [9.17, 15) is 9.59 Å². The van der Waals surface area contributed by atoms with Crippen LogP contribution in [0.1, 0.15) is 51.2 Å². The Morgan fingerprint density at radius 3 is 2.33 bits per heavy atom. The second-order valence-electron chi connectivity index (χ2n) is 5.82. The van der Waals surface area contributed by atoms with Gasteiger partial charge in [0.2, 0.25) is 5.89 Å². The lowest BCUT2D eigenvalue weighted by molar-refractivity contribution is 0.0599. The molecule has 0 N–H and O–H groups in total. The quantitative estimate of drug-likeness (QED) is 0.802. The van der Waals surface area contributed by atoms with E-state index in [1.165, 1.54) is 7.11 Å². The molecule has 7 nitrogen and oxygen atoms in total. The second-order valence-corrected chi connectivity index (χ2v) is 5.82. The van der Waals surface area contributed by atoms with Crippen molar-refractivity contribution in [3.05, 3.63) is 47.1 Å². The highest BCUT2D eigenvalue weighted by Crippen LogP contribution is 2.27. The Hall–Kier alpha value is -2.70. The van der Waals surface area contributed by atoms with Crippen LogP contribution >= 0.6 is 0 Å². The number of rotatable bonds is 3. The number of carbonyl (C=O) groups is 2. The molecule has 0 atom stereocenters. The van der Waals surface area contributed by atoms with Crippen molar-refractivity contribution in [2.75, 3.05) is 20.2 Å². The van der Waals surface area contributed by atoms with Gasteiger partial charge in [-0.1, -0.05) is 5.16 Å². The minimum Gasteiger partial charge on any atom is -0.465 e. The van der Waals surface area contributed by atoms with Crippen LogP contribution in [0.2, 0.25) is 0 Å². The number of benzene rings is 1. The highest BCUT2D eigenvalue weighted by molar-refractivity contribution is 5.96. The fourth-order valence-corrected chi connectivity index (χ4v) is 2.86. The van der Waals surface area contributed by atoms with Crippen LogP contribution in [0.15, 0.2) is 28.8 Å². The molecule has 0 saturated carbocycles. The predicted octanol–water partition coefficient (Wildman–Crippen LogP) is 2.18. The van der Waals surface area contributed by atoms with E-state index in [0.29, 0.717) is 35.9 Å². The van der Waals surface area contributed by atoms with Crippen molar-refractivity contribution >= 4 is 11.9 Å². The Labute approximate surface area is 139 Å². The number of carbonyl (C=O) groups excluding carboxylic acids is 2. The molecular weight excluding hydrogens is 310 g/mol. The first-order valence-corrected chi connectivity index (χ1v) is 7.86. The van der Waals surface area contributed by atoms with Crippen molar-refractivity contribution in [1.82, 2.24) is 15.0 Å². The molecule has 1 aromatic carbocycles. The summed E-state index contributed by atoms with van der Waals surface area (Å²) < 4.78 is 9.88. The Kier molecular flexibility index (Phi) is 4.59. The van der Waals surface area contributed by atoms with Crippen LogP contribution in [0.5, 0.6) is 0 Å². The monoisotopic (exact) mass is 329 g/mol. The van der Waals surface area contributed by atoms with Crippen molar-refractivity contribution in [2.24, 2.45) is 0 Å². The molecule has 126 valence electrons. The predicted molar refractivity (Wildman–Crippen MR) is 84.7 cm³/mol. The topological polar surface area (TPSA) is 85.5 Å². The highest BCUT2D eigenvalue weighted by Gasteiger charge is 2.27. The molecule has 1 saturated heterocycles. The van der Waals surface area contributed by atoms with E-state index >= 15 is 0 Å². The van der Waals surface area contributed by atoms with Gasteiger partial charge < -0.3 is 14.2 Å². The fraction of sp³-hybridized carbons (Fsp3) is 0.412. The second kappa shape index (κ2) is 6.82. The van der Waals surface area contributed by atoms with Crippen molar-refractivity contribution in [1.29, 1.82) is 0 Å². The molecule has 2 heterocycles. The van der Waals surface area contributed by atoms with Crippen LogP contribution in [0.25, 0.3) is 0 Å². The first kappa shape index (κ1) is 16.2. The van der Waals surface area contributed by atoms with E-state index in [4.69, 9.17) is 4.52 Å². The summed E-state index contributed by atoms with van der Waals surface area (Å²) in [6.07, 6.45) is 1.60. The number of hydrogen-bond acceptors (Lipinski definition) is 6. The zero-order chi connectivity index (χ0) is 17.1. The normalized spacial score (nSPS) is 15.3. The van der Waals surface area contributed by atoms with E-state index in [-0.39, 0.29) is 11.8 Å². The highest BCUT2D eigenvalue weighted by atomic mass is 16.5. The maximum atomic E-state index is 12.6. The van der Waals surface area contributed by atoms with Gasteiger partial charge in [0.25, 0.3) is 5.91 Å². The van der Waals surface area contributed by atoms with Gasteiger partial charge in [0.05, 0.1) is 12.7 Å². The zero-order valence-corrected chi connectivity index (χ0v) is 13.7. The first-order valence-electron chi connectivity index (χ1n) is 7.86. The largest absolute Gasteiger partial charge is 0.465 e. The molecule has 2 aromatic rings. The van der Waals surface area contributed by atoms with Crippen LogP contribution in [0.4, 0.5) is 0 Å². The third-order valence-electron chi connectivity index (χ3n) is 4.23. The zero-order valence-electron chi connectivity index (χ0n) is 13.7. The van der Waals surface area contributed by atoms with Gasteiger partial charge in [0.1, 0.15) is 0 Å². The lowest BCUT2D eigenvalue weighted by Crippen LogP contribution is -2.38. The molecule has 24 heavy (non-hydrogen) atoms. The minimum atomic E-state index is -0.412. The van der Waals surface area contributed by atoms with Crippen molar-refractivity contribution in [2.45, 2.75) is 25.7 Å². The minimum absolute atomic E-state index is 0.0356. The molecule has 1 aliphatic heterocycles. The summed E-state index contributed by atoms with van der Waals surface area (Å²) in [5.41, 5.74) is 0.995. The van der Waals surface area contributed by atoms with E-state index in [1.807, 2.05) is 4.90 Å². The number of piperidine rings is 1. The molecule has 1 fully saturated rings. The number of amides is 1. The van der Waals surface area contributed by atoms with Crippen molar-refractivity contribution in [3.8, 4) is 0 Å². The number of aryl methyl sites for hydroxylation is 1. The number of hydrogen-bond donors (Lipinski definition) is 0. The SMILES string of the molecule is COC(=O)c1ccc(C(=O)N2CCC(c3nc(C)no3)CC2)cc1. The molecule has 1 amide bonds. The Balaban J connectivity index is 1.61. The lowest BCUT2D eigenvalue weighted by Gasteiger charge is -2.30. The standard InChI is InChI=1S/C17H19N3O4/c1-11-18-15(24-19-11)12-7-9-20(10-8-12)16(21)13-3-5-14(6-4-13)17(22)23-2/h3-6,12H,7-10H2,1-2H3. The summed E-state index contributed by atoms with van der Waals surface area (Å²) in [5.74, 6) is 1.05. The Bertz CT molecular complexity index is 731. The van der Waals surface area contributed by atoms with Crippen LogP contribution in [0.3, 0.4) is 0 Å². The van der Waals surface area contributed by atoms with Crippen LogP contribution in [0, 0.1) is 6.92 Å². The third kappa shape index (κ3) is 3.29. The van der Waals surface area contributed by atoms with E-state index in [2.05, 4.69) is 14.9 Å². The molecule has 0 aliphatic carbocycles. The van der Waals surface area contributed by atoms with Crippen molar-refractivity contribution < 1.29 is 18.8 Å². The van der Waals surface area contributed by atoms with Gasteiger partial charge in [-0.3, -0.25) is 4.79 Å². The van der Waals surface area contributed by atoms with Crippen LogP contribution in [-0.2, 0) is 4.74 Å². The summed E-state index contributed by atoms with van der Waals surface area (Å²) in [4.78, 5) is 30.1. The summed E-state index contributed by atoms with van der Waals surface area (Å²) in [5, 5.41) is 3.82. The molecule has 0 radical (unpaired) electrons. The summed E-state index contributed by atoms with van der Waals surface area (Å²) in [6, 6.07) is 6.52. The van der Waals surface area contributed by atoms with Gasteiger partial charge in [-0.05, 0) is 44.0 Å². The maximum Gasteiger partial charge on any atom is 0.337 e. The van der Waals surface area contributed by atoms with Gasteiger partial charge in [-0.2, -0.15) is 4.98 Å². The molecule has 1 aliphatic rings. The number of aromatic nitrogens is 2. The molecule has 7 heteroatoms. The number of esters is 1. The van der Waals surface area contributed by atoms with E-state index in [0.717, 1.165) is 12.8 Å². The van der Waals surface area contributed by atoms with Gasteiger partial charge in [-0.15, -0.1) is 0 Å². The average molecular weight is 329 g/mol. The van der Waals surface area contributed by atoms with Crippen LogP contribution in [-0.4, -0.2) is 47.1 Å². The molecule has 0 bridgehead atoms. The first-order chi connectivity index (χ1) is 11.6. The van der Waals surface area contributed by atoms with Gasteiger partial charge in [0.15, 0.2) is 5.82 Å². The molecule has 0 unspecified atom stereocenters. The summed E-state index contributed by atoms with van der Waals surface area (Å²) in [7, 11) is 1.33. The van der Waals surface area contributed by atoms with Crippen molar-refractivity contribution in [3.63, 3.8) is 0 Å². The number of ether oxygens (including phenoxy) is 1.